The zero-order valence-electron chi connectivity index (χ0n) is 13.9. The molecule has 1 aliphatic heterocycles. The van der Waals surface area contributed by atoms with Crippen molar-refractivity contribution in [3.63, 3.8) is 0 Å². The van der Waals surface area contributed by atoms with Gasteiger partial charge in [-0.05, 0) is 48.9 Å². The average molecular weight is 415 g/mol. The molecular weight excluding hydrogens is 400 g/mol. The minimum atomic E-state index is -4.04. The summed E-state index contributed by atoms with van der Waals surface area (Å²) in [5.41, 5.74) is -0.308. The molecule has 27 heavy (non-hydrogen) atoms. The summed E-state index contributed by atoms with van der Waals surface area (Å²) in [6.45, 7) is 0. The van der Waals surface area contributed by atoms with Gasteiger partial charge in [-0.25, -0.2) is 25.6 Å². The van der Waals surface area contributed by atoms with Crippen LogP contribution in [0.4, 0.5) is 14.5 Å². The van der Waals surface area contributed by atoms with Crippen molar-refractivity contribution < 1.29 is 30.4 Å². The van der Waals surface area contributed by atoms with Gasteiger partial charge in [0.15, 0.2) is 19.7 Å². The molecule has 1 aliphatic rings. The highest BCUT2D eigenvalue weighted by atomic mass is 32.2. The third kappa shape index (κ3) is 4.16. The van der Waals surface area contributed by atoms with Crippen LogP contribution in [0.1, 0.15) is 16.8 Å². The van der Waals surface area contributed by atoms with Gasteiger partial charge in [0.2, 0.25) is 0 Å². The quantitative estimate of drug-likeness (QED) is 0.772. The first-order valence-electron chi connectivity index (χ1n) is 7.89. The molecule has 0 saturated carbocycles. The van der Waals surface area contributed by atoms with Crippen molar-refractivity contribution >= 4 is 31.3 Å². The molecule has 3 rings (SSSR count). The smallest absolute Gasteiger partial charge is 0.258 e. The van der Waals surface area contributed by atoms with Crippen LogP contribution >= 0.6 is 0 Å². The molecule has 1 N–H and O–H groups in total. The maximum absolute atomic E-state index is 14.1. The van der Waals surface area contributed by atoms with Gasteiger partial charge in [-0.3, -0.25) is 4.79 Å². The molecule has 0 unspecified atom stereocenters. The summed E-state index contributed by atoms with van der Waals surface area (Å²) >= 11 is 0. The number of hydrogen-bond acceptors (Lipinski definition) is 5. The summed E-state index contributed by atoms with van der Waals surface area (Å²) in [6, 6.07) is 7.49. The van der Waals surface area contributed by atoms with E-state index >= 15 is 0 Å². The van der Waals surface area contributed by atoms with Gasteiger partial charge in [-0.15, -0.1) is 0 Å². The summed E-state index contributed by atoms with van der Waals surface area (Å²) in [5, 5.41) is 1.23. The third-order valence-corrected chi connectivity index (χ3v) is 8.41. The monoisotopic (exact) mass is 415 g/mol. The van der Waals surface area contributed by atoms with E-state index in [9.17, 15) is 30.4 Å². The first-order chi connectivity index (χ1) is 12.6. The maximum Gasteiger partial charge on any atom is 0.258 e. The van der Waals surface area contributed by atoms with Crippen LogP contribution in [0.3, 0.4) is 0 Å². The van der Waals surface area contributed by atoms with E-state index in [1.165, 1.54) is 12.1 Å². The number of sulfone groups is 2. The molecule has 0 spiro atoms. The number of anilines is 1. The van der Waals surface area contributed by atoms with Crippen molar-refractivity contribution in [2.45, 2.75) is 16.6 Å². The molecule has 10 heteroatoms. The SMILES string of the molecule is O=C(Nc1ccc(F)cc1)c1cc(S(=O)(=O)[C@@H]2CCS(=O)(=O)C2)ccc1F. The van der Waals surface area contributed by atoms with E-state index in [1.807, 2.05) is 0 Å². The van der Waals surface area contributed by atoms with Crippen LogP contribution < -0.4 is 5.32 Å². The number of amides is 1. The lowest BCUT2D eigenvalue weighted by atomic mass is 10.2. The van der Waals surface area contributed by atoms with E-state index in [1.54, 1.807) is 0 Å². The van der Waals surface area contributed by atoms with Gasteiger partial charge in [0.05, 0.1) is 27.2 Å². The Morgan fingerprint density at radius 2 is 1.74 bits per heavy atom. The van der Waals surface area contributed by atoms with Crippen LogP contribution in [-0.2, 0) is 19.7 Å². The number of carbonyl (C=O) groups excluding carboxylic acids is 1. The Morgan fingerprint density at radius 3 is 2.33 bits per heavy atom. The fourth-order valence-corrected chi connectivity index (χ4v) is 7.17. The second-order valence-corrected chi connectivity index (χ2v) is 10.6. The Balaban J connectivity index is 1.90. The molecule has 0 radical (unpaired) electrons. The Morgan fingerprint density at radius 1 is 1.07 bits per heavy atom. The van der Waals surface area contributed by atoms with E-state index in [-0.39, 0.29) is 22.8 Å². The second kappa shape index (κ2) is 7.01. The number of nitrogens with one attached hydrogen (secondary N) is 1. The second-order valence-electron chi connectivity index (χ2n) is 6.17. The zero-order chi connectivity index (χ0) is 19.8. The average Bonchev–Trinajstić information content (AvgIpc) is 2.98. The first-order valence-corrected chi connectivity index (χ1v) is 11.3. The fourth-order valence-electron chi connectivity index (χ4n) is 2.79. The van der Waals surface area contributed by atoms with E-state index in [4.69, 9.17) is 0 Å². The Labute approximate surface area is 155 Å². The van der Waals surface area contributed by atoms with Crippen LogP contribution in [0, 0.1) is 11.6 Å². The van der Waals surface area contributed by atoms with E-state index in [2.05, 4.69) is 5.32 Å². The van der Waals surface area contributed by atoms with Crippen LogP contribution in [0.2, 0.25) is 0 Å². The molecule has 144 valence electrons. The molecule has 1 fully saturated rings. The standard InChI is InChI=1S/C17H15F2NO5S2/c18-11-1-3-12(4-2-11)20-17(21)15-9-13(5-6-16(15)19)27(24,25)14-7-8-26(22,23)10-14/h1-6,9,14H,7-8,10H2,(H,20,21)/t14-/m1/s1. The summed E-state index contributed by atoms with van der Waals surface area (Å²) in [4.78, 5) is 12.0. The minimum absolute atomic E-state index is 0.0425. The molecule has 2 aromatic carbocycles. The predicted octanol–water partition coefficient (Wildman–Crippen LogP) is 2.18. The molecule has 0 aliphatic carbocycles. The van der Waals surface area contributed by atoms with Crippen LogP contribution in [0.5, 0.6) is 0 Å². The lowest BCUT2D eigenvalue weighted by Crippen LogP contribution is -2.23. The molecular formula is C17H15F2NO5S2. The molecule has 1 heterocycles. The van der Waals surface area contributed by atoms with Crippen LogP contribution in [-0.4, -0.2) is 39.5 Å². The summed E-state index contributed by atoms with van der Waals surface area (Å²) in [7, 11) is -7.47. The number of benzene rings is 2. The minimum Gasteiger partial charge on any atom is -0.322 e. The van der Waals surface area contributed by atoms with Crippen LogP contribution in [0.25, 0.3) is 0 Å². The number of rotatable bonds is 4. The van der Waals surface area contributed by atoms with Gasteiger partial charge < -0.3 is 5.32 Å². The number of hydrogen-bond donors (Lipinski definition) is 1. The molecule has 0 bridgehead atoms. The first kappa shape index (κ1) is 19.4. The van der Waals surface area contributed by atoms with Gasteiger partial charge in [0.1, 0.15) is 11.6 Å². The number of carbonyl (C=O) groups is 1. The third-order valence-electron chi connectivity index (χ3n) is 4.24. The van der Waals surface area contributed by atoms with Crippen molar-refractivity contribution in [3.05, 3.63) is 59.7 Å². The van der Waals surface area contributed by atoms with E-state index in [0.29, 0.717) is 0 Å². The Bertz CT molecular complexity index is 1100. The Hall–Kier alpha value is -2.33. The predicted molar refractivity (Wildman–Crippen MR) is 95.0 cm³/mol. The van der Waals surface area contributed by atoms with Gasteiger partial charge in [0, 0.05) is 5.69 Å². The number of halogens is 2. The highest BCUT2D eigenvalue weighted by Crippen LogP contribution is 2.27. The van der Waals surface area contributed by atoms with Gasteiger partial charge in [0.25, 0.3) is 5.91 Å². The highest BCUT2D eigenvalue weighted by Gasteiger charge is 2.38. The maximum atomic E-state index is 14.1. The Kier molecular flexibility index (Phi) is 5.04. The van der Waals surface area contributed by atoms with Crippen molar-refractivity contribution in [3.8, 4) is 0 Å². The van der Waals surface area contributed by atoms with Crippen molar-refractivity contribution in [1.29, 1.82) is 0 Å². The molecule has 1 amide bonds. The lowest BCUT2D eigenvalue weighted by Gasteiger charge is -2.12. The van der Waals surface area contributed by atoms with Crippen LogP contribution in [0.15, 0.2) is 47.4 Å². The van der Waals surface area contributed by atoms with E-state index < -0.39 is 53.8 Å². The van der Waals surface area contributed by atoms with E-state index in [0.717, 1.165) is 30.3 Å². The summed E-state index contributed by atoms with van der Waals surface area (Å²) in [5.74, 6) is -3.08. The largest absolute Gasteiger partial charge is 0.322 e. The molecule has 0 aromatic heterocycles. The zero-order valence-corrected chi connectivity index (χ0v) is 15.5. The molecule has 1 atom stereocenters. The molecule has 1 saturated heterocycles. The fraction of sp³-hybridized carbons (Fsp3) is 0.235. The lowest BCUT2D eigenvalue weighted by molar-refractivity contribution is 0.102. The summed E-state index contributed by atoms with van der Waals surface area (Å²) < 4.78 is 75.4. The topological polar surface area (TPSA) is 97.4 Å². The van der Waals surface area contributed by atoms with Gasteiger partial charge >= 0.3 is 0 Å². The van der Waals surface area contributed by atoms with Crippen molar-refractivity contribution in [2.75, 3.05) is 16.8 Å². The van der Waals surface area contributed by atoms with Gasteiger partial charge in [-0.1, -0.05) is 0 Å². The van der Waals surface area contributed by atoms with Crippen molar-refractivity contribution in [1.82, 2.24) is 0 Å². The highest BCUT2D eigenvalue weighted by molar-refractivity contribution is 7.96. The van der Waals surface area contributed by atoms with Gasteiger partial charge in [-0.2, -0.15) is 0 Å². The van der Waals surface area contributed by atoms with Crippen molar-refractivity contribution in [2.24, 2.45) is 0 Å². The normalized spacial score (nSPS) is 19.0. The molecule has 6 nitrogen and oxygen atoms in total. The molecule has 2 aromatic rings. The summed E-state index contributed by atoms with van der Waals surface area (Å²) in [6.07, 6.45) is -0.0425.